The van der Waals surface area contributed by atoms with Gasteiger partial charge in [-0.3, -0.25) is 0 Å². The van der Waals surface area contributed by atoms with Gasteiger partial charge in [0.05, 0.1) is 0 Å². The standard InChI is InChI=1S/C10H12ClN3S2/c1-6-7(2)15-4-3-14(6)10-8(5-12)9(11)13-16-10/h6-7H,3-4H2,1-2H3. The van der Waals surface area contributed by atoms with Crippen LogP contribution in [0.2, 0.25) is 5.15 Å². The molecule has 0 radical (unpaired) electrons. The molecule has 0 amide bonds. The van der Waals surface area contributed by atoms with E-state index in [0.717, 1.165) is 17.3 Å². The lowest BCUT2D eigenvalue weighted by Gasteiger charge is -2.38. The van der Waals surface area contributed by atoms with Crippen LogP contribution in [0.15, 0.2) is 0 Å². The highest BCUT2D eigenvalue weighted by molar-refractivity contribution is 8.00. The quantitative estimate of drug-likeness (QED) is 0.789. The van der Waals surface area contributed by atoms with Gasteiger partial charge in [0.25, 0.3) is 0 Å². The van der Waals surface area contributed by atoms with Crippen molar-refractivity contribution >= 4 is 39.9 Å². The second kappa shape index (κ2) is 4.82. The predicted molar refractivity (Wildman–Crippen MR) is 70.6 cm³/mol. The van der Waals surface area contributed by atoms with Crippen LogP contribution in [0.5, 0.6) is 0 Å². The Morgan fingerprint density at radius 1 is 1.56 bits per heavy atom. The summed E-state index contributed by atoms with van der Waals surface area (Å²) in [5.74, 6) is 1.09. The molecule has 1 aliphatic heterocycles. The number of nitriles is 1. The molecule has 1 aromatic rings. The highest BCUT2D eigenvalue weighted by Crippen LogP contribution is 2.36. The summed E-state index contributed by atoms with van der Waals surface area (Å²) >= 11 is 9.19. The van der Waals surface area contributed by atoms with Gasteiger partial charge in [-0.15, -0.1) is 0 Å². The minimum absolute atomic E-state index is 0.334. The van der Waals surface area contributed by atoms with Crippen LogP contribution in [0.4, 0.5) is 5.00 Å². The van der Waals surface area contributed by atoms with Gasteiger partial charge < -0.3 is 4.90 Å². The molecular formula is C10H12ClN3S2. The number of halogens is 1. The van der Waals surface area contributed by atoms with Crippen molar-refractivity contribution in [3.8, 4) is 6.07 Å². The molecule has 86 valence electrons. The summed E-state index contributed by atoms with van der Waals surface area (Å²) < 4.78 is 4.06. The Kier molecular flexibility index (Phi) is 3.63. The van der Waals surface area contributed by atoms with Crippen LogP contribution in [0.25, 0.3) is 0 Å². The van der Waals surface area contributed by atoms with Crippen LogP contribution >= 0.6 is 34.9 Å². The largest absolute Gasteiger partial charge is 0.356 e. The first-order valence-corrected chi connectivity index (χ1v) is 7.28. The zero-order valence-corrected chi connectivity index (χ0v) is 11.5. The van der Waals surface area contributed by atoms with Gasteiger partial charge in [0.2, 0.25) is 0 Å². The summed E-state index contributed by atoms with van der Waals surface area (Å²) in [4.78, 5) is 2.25. The molecule has 6 heteroatoms. The number of aromatic nitrogens is 1. The lowest BCUT2D eigenvalue weighted by Crippen LogP contribution is -2.44. The lowest BCUT2D eigenvalue weighted by molar-refractivity contribution is 0.631. The van der Waals surface area contributed by atoms with Gasteiger partial charge in [0, 0.05) is 23.6 Å². The Labute approximate surface area is 109 Å². The Bertz CT molecular complexity index is 426. The Morgan fingerprint density at radius 2 is 2.31 bits per heavy atom. The van der Waals surface area contributed by atoms with Gasteiger partial charge in [-0.05, 0) is 18.5 Å². The Morgan fingerprint density at radius 3 is 3.00 bits per heavy atom. The van der Waals surface area contributed by atoms with Crippen molar-refractivity contribution in [1.82, 2.24) is 4.37 Å². The third kappa shape index (κ3) is 2.02. The fourth-order valence-corrected chi connectivity index (χ4v) is 4.02. The molecule has 0 bridgehead atoms. The van der Waals surface area contributed by atoms with Crippen molar-refractivity contribution in [2.45, 2.75) is 25.1 Å². The highest BCUT2D eigenvalue weighted by Gasteiger charge is 2.29. The molecule has 16 heavy (non-hydrogen) atoms. The van der Waals surface area contributed by atoms with E-state index in [0.29, 0.717) is 22.0 Å². The molecule has 2 unspecified atom stereocenters. The molecule has 0 aliphatic carbocycles. The summed E-state index contributed by atoms with van der Waals surface area (Å²) in [5.41, 5.74) is 0.526. The first-order valence-electron chi connectivity index (χ1n) is 5.08. The number of hydrogen-bond acceptors (Lipinski definition) is 5. The van der Waals surface area contributed by atoms with Crippen LogP contribution in [0.1, 0.15) is 19.4 Å². The van der Waals surface area contributed by atoms with E-state index < -0.39 is 0 Å². The first kappa shape index (κ1) is 12.0. The second-order valence-corrected chi connectivity index (χ2v) is 6.37. The average molecular weight is 274 g/mol. The van der Waals surface area contributed by atoms with Gasteiger partial charge in [0.15, 0.2) is 5.15 Å². The van der Waals surface area contributed by atoms with Crippen LogP contribution < -0.4 is 4.90 Å². The van der Waals surface area contributed by atoms with E-state index >= 15 is 0 Å². The van der Waals surface area contributed by atoms with E-state index in [9.17, 15) is 0 Å². The zero-order valence-electron chi connectivity index (χ0n) is 9.11. The first-order chi connectivity index (χ1) is 7.65. The molecule has 2 atom stereocenters. The highest BCUT2D eigenvalue weighted by atomic mass is 35.5. The van der Waals surface area contributed by atoms with Crippen LogP contribution in [-0.4, -0.2) is 28.0 Å². The normalized spacial score (nSPS) is 25.5. The van der Waals surface area contributed by atoms with E-state index in [-0.39, 0.29) is 0 Å². The van der Waals surface area contributed by atoms with Crippen molar-refractivity contribution in [3.63, 3.8) is 0 Å². The summed E-state index contributed by atoms with van der Waals surface area (Å²) in [6, 6.07) is 2.56. The predicted octanol–water partition coefficient (Wildman–Crippen LogP) is 3.00. The summed E-state index contributed by atoms with van der Waals surface area (Å²) in [6.07, 6.45) is 0. The molecular weight excluding hydrogens is 262 g/mol. The van der Waals surface area contributed by atoms with Gasteiger partial charge >= 0.3 is 0 Å². The fourth-order valence-electron chi connectivity index (χ4n) is 1.77. The molecule has 0 spiro atoms. The summed E-state index contributed by atoms with van der Waals surface area (Å²) in [7, 11) is 0. The van der Waals surface area contributed by atoms with Crippen molar-refractivity contribution in [3.05, 3.63) is 10.7 Å². The third-order valence-corrected chi connectivity index (χ3v) is 5.49. The monoisotopic (exact) mass is 273 g/mol. The molecule has 2 heterocycles. The van der Waals surface area contributed by atoms with E-state index in [1.807, 2.05) is 11.8 Å². The Hall–Kier alpha value is -0.440. The second-order valence-electron chi connectivity index (χ2n) is 3.78. The van der Waals surface area contributed by atoms with Crippen molar-refractivity contribution in [2.24, 2.45) is 0 Å². The lowest BCUT2D eigenvalue weighted by atomic mass is 10.2. The SMILES string of the molecule is CC1SCCN(c2snc(Cl)c2C#N)C1C. The molecule has 1 aliphatic rings. The third-order valence-electron chi connectivity index (χ3n) is 2.89. The van der Waals surface area contributed by atoms with Gasteiger partial charge in [-0.25, -0.2) is 0 Å². The molecule has 1 saturated heterocycles. The topological polar surface area (TPSA) is 39.9 Å². The average Bonchev–Trinajstić information content (AvgIpc) is 2.63. The van der Waals surface area contributed by atoms with E-state index in [1.165, 1.54) is 11.5 Å². The van der Waals surface area contributed by atoms with Crippen molar-refractivity contribution < 1.29 is 0 Å². The molecule has 2 rings (SSSR count). The number of thioether (sulfide) groups is 1. The minimum atomic E-state index is 0.334. The molecule has 0 saturated carbocycles. The maximum absolute atomic E-state index is 9.07. The molecule has 3 nitrogen and oxygen atoms in total. The summed E-state index contributed by atoms with van der Waals surface area (Å²) in [5, 5.41) is 10.9. The van der Waals surface area contributed by atoms with E-state index in [4.69, 9.17) is 16.9 Å². The van der Waals surface area contributed by atoms with Crippen LogP contribution in [0.3, 0.4) is 0 Å². The van der Waals surface area contributed by atoms with Crippen LogP contribution in [-0.2, 0) is 0 Å². The molecule has 0 aromatic carbocycles. The van der Waals surface area contributed by atoms with Gasteiger partial charge in [0.1, 0.15) is 16.6 Å². The number of hydrogen-bond donors (Lipinski definition) is 0. The number of nitrogens with zero attached hydrogens (tertiary/aromatic N) is 3. The smallest absolute Gasteiger partial charge is 0.162 e. The number of rotatable bonds is 1. The van der Waals surface area contributed by atoms with Crippen molar-refractivity contribution in [2.75, 3.05) is 17.2 Å². The molecule has 1 fully saturated rings. The molecule has 1 aromatic heterocycles. The molecule has 0 N–H and O–H groups in total. The minimum Gasteiger partial charge on any atom is -0.356 e. The maximum atomic E-state index is 9.07. The van der Waals surface area contributed by atoms with Crippen LogP contribution in [0, 0.1) is 11.3 Å². The van der Waals surface area contributed by atoms with Gasteiger partial charge in [-0.2, -0.15) is 21.4 Å². The van der Waals surface area contributed by atoms with Crippen molar-refractivity contribution in [1.29, 1.82) is 5.26 Å². The van der Waals surface area contributed by atoms with E-state index in [1.54, 1.807) is 0 Å². The number of anilines is 1. The fraction of sp³-hybridized carbons (Fsp3) is 0.600. The summed E-state index contributed by atoms with van der Waals surface area (Å²) in [6.45, 7) is 5.37. The maximum Gasteiger partial charge on any atom is 0.162 e. The Balaban J connectivity index is 2.33. The van der Waals surface area contributed by atoms with Gasteiger partial charge in [-0.1, -0.05) is 18.5 Å². The van der Waals surface area contributed by atoms with E-state index in [2.05, 4.69) is 29.2 Å². The zero-order chi connectivity index (χ0) is 11.7.